The molecule has 0 bridgehead atoms. The number of anilines is 1. The van der Waals surface area contributed by atoms with Crippen molar-refractivity contribution in [2.75, 3.05) is 5.32 Å². The fraction of sp³-hybridized carbons (Fsp3) is 0.130. The maximum Gasteiger partial charge on any atom is 0.259 e. The minimum atomic E-state index is -0.182. The summed E-state index contributed by atoms with van der Waals surface area (Å²) in [4.78, 5) is 26.7. The molecule has 0 unspecified atom stereocenters. The average Bonchev–Trinajstić information content (AvgIpc) is 3.31. The SMILES string of the molecule is Cc1nc2cccc(C(=O)Nc3nc4ccccc4n3CCc3ccccn3)c2s1. The third kappa shape index (κ3) is 3.44. The van der Waals surface area contributed by atoms with E-state index in [-0.39, 0.29) is 5.91 Å². The van der Waals surface area contributed by atoms with E-state index in [0.29, 0.717) is 18.1 Å². The van der Waals surface area contributed by atoms with Crippen molar-refractivity contribution in [1.82, 2.24) is 19.5 Å². The molecule has 7 heteroatoms. The summed E-state index contributed by atoms with van der Waals surface area (Å²) >= 11 is 1.53. The number of pyridine rings is 1. The van der Waals surface area contributed by atoms with Gasteiger partial charge in [0.05, 0.1) is 31.8 Å². The lowest BCUT2D eigenvalue weighted by Crippen LogP contribution is -2.17. The lowest BCUT2D eigenvalue weighted by Gasteiger charge is -2.10. The number of aryl methyl sites for hydroxylation is 3. The van der Waals surface area contributed by atoms with E-state index in [1.807, 2.05) is 72.2 Å². The van der Waals surface area contributed by atoms with Gasteiger partial charge in [-0.1, -0.05) is 24.3 Å². The number of hydrogen-bond acceptors (Lipinski definition) is 5. The first-order chi connectivity index (χ1) is 14.7. The maximum atomic E-state index is 13.1. The number of imidazole rings is 1. The minimum Gasteiger partial charge on any atom is -0.310 e. The fourth-order valence-corrected chi connectivity index (χ4v) is 4.51. The number of benzene rings is 2. The van der Waals surface area contributed by atoms with Crippen LogP contribution in [0.4, 0.5) is 5.95 Å². The Bertz CT molecular complexity index is 1360. The Kier molecular flexibility index (Phi) is 4.72. The predicted molar refractivity (Wildman–Crippen MR) is 120 cm³/mol. The van der Waals surface area contributed by atoms with Crippen molar-refractivity contribution in [2.24, 2.45) is 0 Å². The van der Waals surface area contributed by atoms with Crippen molar-refractivity contribution in [3.8, 4) is 0 Å². The molecule has 1 amide bonds. The Morgan fingerprint density at radius 3 is 2.70 bits per heavy atom. The van der Waals surface area contributed by atoms with Gasteiger partial charge in [0.1, 0.15) is 0 Å². The summed E-state index contributed by atoms with van der Waals surface area (Å²) in [5.74, 6) is 0.356. The third-order valence-electron chi connectivity index (χ3n) is 4.96. The molecule has 148 valence electrons. The summed E-state index contributed by atoms with van der Waals surface area (Å²) in [6, 6.07) is 19.4. The topological polar surface area (TPSA) is 72.7 Å². The molecular formula is C23H19N5OS. The molecule has 0 atom stereocenters. The van der Waals surface area contributed by atoms with E-state index in [9.17, 15) is 4.79 Å². The Balaban J connectivity index is 1.49. The van der Waals surface area contributed by atoms with Crippen molar-refractivity contribution in [1.29, 1.82) is 0 Å². The summed E-state index contributed by atoms with van der Waals surface area (Å²) in [5.41, 5.74) is 4.28. The van der Waals surface area contributed by atoms with E-state index in [0.717, 1.165) is 38.4 Å². The molecule has 2 aromatic carbocycles. The first-order valence-electron chi connectivity index (χ1n) is 9.72. The Hall–Kier alpha value is -3.58. The van der Waals surface area contributed by atoms with E-state index >= 15 is 0 Å². The minimum absolute atomic E-state index is 0.182. The van der Waals surface area contributed by atoms with Crippen LogP contribution in [0.3, 0.4) is 0 Å². The molecule has 5 rings (SSSR count). The van der Waals surface area contributed by atoms with E-state index in [1.54, 1.807) is 6.20 Å². The van der Waals surface area contributed by atoms with Crippen molar-refractivity contribution in [2.45, 2.75) is 19.9 Å². The summed E-state index contributed by atoms with van der Waals surface area (Å²) in [6.07, 6.45) is 2.54. The quantitative estimate of drug-likeness (QED) is 0.447. The second-order valence-electron chi connectivity index (χ2n) is 6.99. The molecule has 5 aromatic rings. The average molecular weight is 414 g/mol. The Labute approximate surface area is 177 Å². The van der Waals surface area contributed by atoms with Crippen LogP contribution < -0.4 is 5.32 Å². The van der Waals surface area contributed by atoms with Crippen molar-refractivity contribution in [3.05, 3.63) is 83.1 Å². The van der Waals surface area contributed by atoms with Gasteiger partial charge in [-0.25, -0.2) is 9.97 Å². The number of fused-ring (bicyclic) bond motifs is 2. The van der Waals surface area contributed by atoms with Crippen LogP contribution in [0.15, 0.2) is 66.9 Å². The Morgan fingerprint density at radius 2 is 1.83 bits per heavy atom. The number of amides is 1. The van der Waals surface area contributed by atoms with Crippen LogP contribution in [0.25, 0.3) is 21.3 Å². The highest BCUT2D eigenvalue weighted by Crippen LogP contribution is 2.27. The number of thiazole rings is 1. The maximum absolute atomic E-state index is 13.1. The van der Waals surface area contributed by atoms with Crippen molar-refractivity contribution in [3.63, 3.8) is 0 Å². The van der Waals surface area contributed by atoms with Crippen LogP contribution >= 0.6 is 11.3 Å². The number of hydrogen-bond donors (Lipinski definition) is 1. The smallest absolute Gasteiger partial charge is 0.259 e. The normalized spacial score (nSPS) is 11.2. The molecule has 0 radical (unpaired) electrons. The molecule has 0 saturated heterocycles. The van der Waals surface area contributed by atoms with Crippen LogP contribution in [0, 0.1) is 6.92 Å². The van der Waals surface area contributed by atoms with Gasteiger partial charge in [-0.15, -0.1) is 11.3 Å². The van der Waals surface area contributed by atoms with Gasteiger partial charge in [0.15, 0.2) is 0 Å². The van der Waals surface area contributed by atoms with Gasteiger partial charge < -0.3 is 4.57 Å². The van der Waals surface area contributed by atoms with Crippen LogP contribution in [0.1, 0.15) is 21.1 Å². The zero-order valence-electron chi connectivity index (χ0n) is 16.4. The van der Waals surface area contributed by atoms with E-state index < -0.39 is 0 Å². The van der Waals surface area contributed by atoms with Crippen LogP contribution in [0.2, 0.25) is 0 Å². The van der Waals surface area contributed by atoms with E-state index in [2.05, 4.69) is 20.3 Å². The second-order valence-corrected chi connectivity index (χ2v) is 8.19. The van der Waals surface area contributed by atoms with Crippen LogP contribution in [0.5, 0.6) is 0 Å². The molecule has 0 aliphatic carbocycles. The van der Waals surface area contributed by atoms with Gasteiger partial charge in [0.2, 0.25) is 5.95 Å². The standard InChI is InChI=1S/C23H19N5OS/c1-15-25-19-10-6-8-17(21(19)30-15)22(29)27-23-26-18-9-2-3-11-20(18)28(23)14-12-16-7-4-5-13-24-16/h2-11,13H,12,14H2,1H3,(H,26,27,29). The van der Waals surface area contributed by atoms with E-state index in [1.165, 1.54) is 11.3 Å². The van der Waals surface area contributed by atoms with Gasteiger partial charge in [0, 0.05) is 24.9 Å². The largest absolute Gasteiger partial charge is 0.310 e. The molecular weight excluding hydrogens is 394 g/mol. The first-order valence-corrected chi connectivity index (χ1v) is 10.5. The number of aromatic nitrogens is 4. The first kappa shape index (κ1) is 18.4. The van der Waals surface area contributed by atoms with E-state index in [4.69, 9.17) is 0 Å². The lowest BCUT2D eigenvalue weighted by molar-refractivity contribution is 0.102. The third-order valence-corrected chi connectivity index (χ3v) is 5.98. The molecule has 3 aromatic heterocycles. The molecule has 0 spiro atoms. The zero-order chi connectivity index (χ0) is 20.5. The van der Waals surface area contributed by atoms with Crippen molar-refractivity contribution < 1.29 is 4.79 Å². The number of rotatable bonds is 5. The summed E-state index contributed by atoms with van der Waals surface area (Å²) in [6.45, 7) is 2.61. The number of nitrogens with one attached hydrogen (secondary N) is 1. The predicted octanol–water partition coefficient (Wildman–Crippen LogP) is 4.84. The highest BCUT2D eigenvalue weighted by Gasteiger charge is 2.17. The Morgan fingerprint density at radius 1 is 1.00 bits per heavy atom. The number of carbonyl (C=O) groups is 1. The van der Waals surface area contributed by atoms with Gasteiger partial charge in [-0.2, -0.15) is 0 Å². The molecule has 3 heterocycles. The van der Waals surface area contributed by atoms with Gasteiger partial charge in [-0.3, -0.25) is 15.1 Å². The summed E-state index contributed by atoms with van der Waals surface area (Å²) in [7, 11) is 0. The number of para-hydroxylation sites is 2. The number of carbonyl (C=O) groups excluding carboxylic acids is 1. The lowest BCUT2D eigenvalue weighted by atomic mass is 10.2. The zero-order valence-corrected chi connectivity index (χ0v) is 17.2. The molecule has 6 nitrogen and oxygen atoms in total. The highest BCUT2D eigenvalue weighted by molar-refractivity contribution is 7.18. The molecule has 30 heavy (non-hydrogen) atoms. The van der Waals surface area contributed by atoms with Gasteiger partial charge >= 0.3 is 0 Å². The molecule has 0 fully saturated rings. The fourth-order valence-electron chi connectivity index (χ4n) is 3.58. The molecule has 0 aliphatic heterocycles. The molecule has 0 saturated carbocycles. The van der Waals surface area contributed by atoms with Gasteiger partial charge in [0.25, 0.3) is 5.91 Å². The highest BCUT2D eigenvalue weighted by atomic mass is 32.1. The van der Waals surface area contributed by atoms with Crippen LogP contribution in [-0.4, -0.2) is 25.4 Å². The monoisotopic (exact) mass is 413 g/mol. The molecule has 1 N–H and O–H groups in total. The molecule has 0 aliphatic rings. The van der Waals surface area contributed by atoms with Crippen molar-refractivity contribution >= 4 is 44.4 Å². The van der Waals surface area contributed by atoms with Crippen LogP contribution in [-0.2, 0) is 13.0 Å². The van der Waals surface area contributed by atoms with Gasteiger partial charge in [-0.05, 0) is 43.3 Å². The second kappa shape index (κ2) is 7.68. The summed E-state index contributed by atoms with van der Waals surface area (Å²) in [5, 5.41) is 3.96. The number of nitrogens with zero attached hydrogens (tertiary/aromatic N) is 4. The summed E-state index contributed by atoms with van der Waals surface area (Å²) < 4.78 is 2.93.